The van der Waals surface area contributed by atoms with Crippen LogP contribution in [-0.2, 0) is 10.0 Å². The van der Waals surface area contributed by atoms with Gasteiger partial charge in [-0.05, 0) is 44.0 Å². The van der Waals surface area contributed by atoms with Gasteiger partial charge in [0.05, 0.1) is 22.1 Å². The van der Waals surface area contributed by atoms with Crippen LogP contribution in [0.1, 0.15) is 24.4 Å². The van der Waals surface area contributed by atoms with Gasteiger partial charge in [0.25, 0.3) is 5.56 Å². The first-order valence-electron chi connectivity index (χ1n) is 9.19. The number of hydrogen-bond acceptors (Lipinski definition) is 4. The van der Waals surface area contributed by atoms with E-state index < -0.39 is 26.6 Å². The van der Waals surface area contributed by atoms with Crippen LogP contribution in [0.4, 0.5) is 8.78 Å². The molecule has 29 heavy (non-hydrogen) atoms. The SMILES string of the molecule is Cc1ccc2ncn(C3CCN(S(=O)(=O)c4cc(F)cc(F)c4)CC3)c(=O)c2c1. The minimum absolute atomic E-state index is 0.142. The van der Waals surface area contributed by atoms with Crippen molar-refractivity contribution in [2.75, 3.05) is 13.1 Å². The van der Waals surface area contributed by atoms with Crippen LogP contribution in [0.5, 0.6) is 0 Å². The van der Waals surface area contributed by atoms with Gasteiger partial charge in [0, 0.05) is 25.2 Å². The second-order valence-corrected chi connectivity index (χ2v) is 9.16. The van der Waals surface area contributed by atoms with E-state index in [0.717, 1.165) is 17.7 Å². The molecular formula is C20H19F2N3O3S. The van der Waals surface area contributed by atoms with Crippen LogP contribution in [-0.4, -0.2) is 35.4 Å². The molecule has 4 rings (SSSR count). The molecule has 6 nitrogen and oxygen atoms in total. The van der Waals surface area contributed by atoms with Crippen molar-refractivity contribution in [3.8, 4) is 0 Å². The Labute approximate surface area is 166 Å². The van der Waals surface area contributed by atoms with Crippen molar-refractivity contribution in [2.24, 2.45) is 0 Å². The lowest BCUT2D eigenvalue weighted by Crippen LogP contribution is -2.40. The lowest BCUT2D eigenvalue weighted by atomic mass is 10.1. The summed E-state index contributed by atoms with van der Waals surface area (Å²) in [6, 6.07) is 7.53. The number of aryl methyl sites for hydroxylation is 1. The van der Waals surface area contributed by atoms with E-state index in [1.807, 2.05) is 13.0 Å². The van der Waals surface area contributed by atoms with Crippen LogP contribution < -0.4 is 5.56 Å². The van der Waals surface area contributed by atoms with Crippen LogP contribution >= 0.6 is 0 Å². The molecule has 0 bridgehead atoms. The molecular weight excluding hydrogens is 400 g/mol. The fourth-order valence-electron chi connectivity index (χ4n) is 3.70. The fraction of sp³-hybridized carbons (Fsp3) is 0.300. The lowest BCUT2D eigenvalue weighted by molar-refractivity contribution is 0.269. The molecule has 9 heteroatoms. The first-order valence-corrected chi connectivity index (χ1v) is 10.6. The Kier molecular flexibility index (Phi) is 4.95. The summed E-state index contributed by atoms with van der Waals surface area (Å²) in [5.74, 6) is -1.88. The highest BCUT2D eigenvalue weighted by atomic mass is 32.2. The molecule has 1 fully saturated rings. The van der Waals surface area contributed by atoms with Gasteiger partial charge < -0.3 is 0 Å². The number of fused-ring (bicyclic) bond motifs is 1. The van der Waals surface area contributed by atoms with Crippen LogP contribution in [0.25, 0.3) is 10.9 Å². The van der Waals surface area contributed by atoms with Gasteiger partial charge in [0.2, 0.25) is 10.0 Å². The van der Waals surface area contributed by atoms with Crippen molar-refractivity contribution in [2.45, 2.75) is 30.7 Å². The molecule has 152 valence electrons. The third kappa shape index (κ3) is 3.67. The summed E-state index contributed by atoms with van der Waals surface area (Å²) in [4.78, 5) is 16.8. The molecule has 1 saturated heterocycles. The van der Waals surface area contributed by atoms with E-state index in [4.69, 9.17) is 0 Å². The van der Waals surface area contributed by atoms with Crippen molar-refractivity contribution in [3.63, 3.8) is 0 Å². The van der Waals surface area contributed by atoms with Gasteiger partial charge in [-0.2, -0.15) is 4.31 Å². The Balaban J connectivity index is 1.57. The Morgan fingerprint density at radius 1 is 1.03 bits per heavy atom. The molecule has 1 aliphatic heterocycles. The molecule has 1 aromatic heterocycles. The molecule has 3 aromatic rings. The molecule has 0 atom stereocenters. The maximum atomic E-state index is 13.4. The number of sulfonamides is 1. The second-order valence-electron chi connectivity index (χ2n) is 7.22. The molecule has 0 N–H and O–H groups in total. The lowest BCUT2D eigenvalue weighted by Gasteiger charge is -2.32. The van der Waals surface area contributed by atoms with Crippen LogP contribution in [0.3, 0.4) is 0 Å². The van der Waals surface area contributed by atoms with E-state index in [0.29, 0.717) is 29.8 Å². The van der Waals surface area contributed by atoms with E-state index in [9.17, 15) is 22.0 Å². The van der Waals surface area contributed by atoms with Crippen molar-refractivity contribution >= 4 is 20.9 Å². The monoisotopic (exact) mass is 419 g/mol. The number of piperidine rings is 1. The zero-order chi connectivity index (χ0) is 20.8. The summed E-state index contributed by atoms with van der Waals surface area (Å²) in [5.41, 5.74) is 1.41. The predicted octanol–water partition coefficient (Wildman–Crippen LogP) is 3.01. The van der Waals surface area contributed by atoms with E-state index in [-0.39, 0.29) is 24.7 Å². The zero-order valence-electron chi connectivity index (χ0n) is 15.7. The van der Waals surface area contributed by atoms with Gasteiger partial charge in [-0.3, -0.25) is 9.36 Å². The van der Waals surface area contributed by atoms with Crippen LogP contribution in [0.15, 0.2) is 52.4 Å². The highest BCUT2D eigenvalue weighted by molar-refractivity contribution is 7.89. The number of aromatic nitrogens is 2. The van der Waals surface area contributed by atoms with Gasteiger partial charge in [0.15, 0.2) is 0 Å². The largest absolute Gasteiger partial charge is 0.296 e. The molecule has 0 radical (unpaired) electrons. The standard InChI is InChI=1S/C20H19F2N3O3S/c1-13-2-3-19-18(8-13)20(26)25(12-23-19)16-4-6-24(7-5-16)29(27,28)17-10-14(21)9-15(22)11-17/h2-3,8-12,16H,4-7H2,1H3. The Bertz CT molecular complexity index is 1230. The minimum Gasteiger partial charge on any atom is -0.296 e. The summed E-state index contributed by atoms with van der Waals surface area (Å²) in [7, 11) is -4.01. The maximum Gasteiger partial charge on any atom is 0.261 e. The van der Waals surface area contributed by atoms with Crippen molar-refractivity contribution in [3.05, 3.63) is 70.3 Å². The van der Waals surface area contributed by atoms with Gasteiger partial charge in [-0.1, -0.05) is 11.6 Å². The fourth-order valence-corrected chi connectivity index (χ4v) is 5.21. The Hall–Kier alpha value is -2.65. The number of halogens is 2. The highest BCUT2D eigenvalue weighted by Gasteiger charge is 2.31. The highest BCUT2D eigenvalue weighted by Crippen LogP contribution is 2.27. The normalized spacial score (nSPS) is 16.4. The molecule has 0 aliphatic carbocycles. The third-order valence-corrected chi connectivity index (χ3v) is 7.11. The van der Waals surface area contributed by atoms with E-state index in [1.165, 1.54) is 10.6 Å². The summed E-state index contributed by atoms with van der Waals surface area (Å²) >= 11 is 0. The molecule has 0 unspecified atom stereocenters. The number of benzene rings is 2. The van der Waals surface area contributed by atoms with Crippen molar-refractivity contribution < 1.29 is 17.2 Å². The number of rotatable bonds is 3. The van der Waals surface area contributed by atoms with Gasteiger partial charge >= 0.3 is 0 Å². The maximum absolute atomic E-state index is 13.4. The van der Waals surface area contributed by atoms with E-state index in [1.54, 1.807) is 16.7 Å². The predicted molar refractivity (Wildman–Crippen MR) is 104 cm³/mol. The van der Waals surface area contributed by atoms with E-state index >= 15 is 0 Å². The van der Waals surface area contributed by atoms with Gasteiger partial charge in [0.1, 0.15) is 11.6 Å². The Morgan fingerprint density at radius 2 is 1.69 bits per heavy atom. The molecule has 0 saturated carbocycles. The molecule has 1 aliphatic rings. The smallest absolute Gasteiger partial charge is 0.261 e. The quantitative estimate of drug-likeness (QED) is 0.654. The molecule has 2 aromatic carbocycles. The van der Waals surface area contributed by atoms with Crippen LogP contribution in [0, 0.1) is 18.6 Å². The molecule has 2 heterocycles. The molecule has 0 amide bonds. The molecule has 0 spiro atoms. The van der Waals surface area contributed by atoms with Crippen LogP contribution in [0.2, 0.25) is 0 Å². The second kappa shape index (κ2) is 7.31. The van der Waals surface area contributed by atoms with Gasteiger partial charge in [-0.25, -0.2) is 22.2 Å². The van der Waals surface area contributed by atoms with E-state index in [2.05, 4.69) is 4.98 Å². The number of nitrogens with zero attached hydrogens (tertiary/aromatic N) is 3. The average molecular weight is 419 g/mol. The van der Waals surface area contributed by atoms with Crippen molar-refractivity contribution in [1.82, 2.24) is 13.9 Å². The summed E-state index contributed by atoms with van der Waals surface area (Å²) in [5, 5.41) is 0.526. The Morgan fingerprint density at radius 3 is 2.34 bits per heavy atom. The average Bonchev–Trinajstić information content (AvgIpc) is 2.68. The minimum atomic E-state index is -4.01. The van der Waals surface area contributed by atoms with Crippen molar-refractivity contribution in [1.29, 1.82) is 0 Å². The summed E-state index contributed by atoms with van der Waals surface area (Å²) in [6.07, 6.45) is 2.29. The first-order chi connectivity index (χ1) is 13.8. The van der Waals surface area contributed by atoms with Gasteiger partial charge in [-0.15, -0.1) is 0 Å². The summed E-state index contributed by atoms with van der Waals surface area (Å²) in [6.45, 7) is 2.18. The topological polar surface area (TPSA) is 72.3 Å². The third-order valence-electron chi connectivity index (χ3n) is 5.23. The zero-order valence-corrected chi connectivity index (χ0v) is 16.5. The number of hydrogen-bond donors (Lipinski definition) is 0. The summed E-state index contributed by atoms with van der Waals surface area (Å²) < 4.78 is 55.1. The first kappa shape index (κ1) is 19.7.